The fourth-order valence-electron chi connectivity index (χ4n) is 3.25. The van der Waals surface area contributed by atoms with Gasteiger partial charge in [0.25, 0.3) is 0 Å². The first-order valence-electron chi connectivity index (χ1n) is 11.0. The van der Waals surface area contributed by atoms with Crippen molar-refractivity contribution in [1.82, 2.24) is 10.2 Å². The molecule has 11 heteroatoms. The molecule has 0 aliphatic rings. The Labute approximate surface area is 222 Å². The van der Waals surface area contributed by atoms with Crippen molar-refractivity contribution in [3.05, 3.63) is 62.6 Å². The third-order valence-electron chi connectivity index (χ3n) is 5.68. The lowest BCUT2D eigenvalue weighted by atomic mass is 10.1. The van der Waals surface area contributed by atoms with E-state index >= 15 is 0 Å². The highest BCUT2D eigenvalue weighted by molar-refractivity contribution is 7.92. The molecule has 2 rings (SSSR count). The van der Waals surface area contributed by atoms with E-state index in [9.17, 15) is 18.0 Å². The minimum absolute atomic E-state index is 0.0846. The molecule has 7 nitrogen and oxygen atoms in total. The van der Waals surface area contributed by atoms with Crippen molar-refractivity contribution in [3.8, 4) is 0 Å². The lowest BCUT2D eigenvalue weighted by Gasteiger charge is -2.32. The Balaban J connectivity index is 2.47. The summed E-state index contributed by atoms with van der Waals surface area (Å²) >= 11 is 18.9. The summed E-state index contributed by atoms with van der Waals surface area (Å²) in [4.78, 5) is 27.8. The quantitative estimate of drug-likeness (QED) is 0.439. The number of sulfonamides is 1. The molecule has 0 aliphatic carbocycles. The van der Waals surface area contributed by atoms with Crippen LogP contribution in [0.1, 0.15) is 38.3 Å². The first-order chi connectivity index (χ1) is 16.3. The molecule has 192 valence electrons. The second-order valence-corrected chi connectivity index (χ2v) is 11.5. The smallest absolute Gasteiger partial charge is 0.244 e. The molecule has 0 saturated heterocycles. The number of hydrogen-bond donors (Lipinski definition) is 1. The van der Waals surface area contributed by atoms with Gasteiger partial charge >= 0.3 is 0 Å². The van der Waals surface area contributed by atoms with Crippen LogP contribution < -0.4 is 9.62 Å². The van der Waals surface area contributed by atoms with Gasteiger partial charge in [-0.25, -0.2) is 8.42 Å². The molecule has 1 N–H and O–H groups in total. The number of aryl methyl sites for hydroxylation is 1. The van der Waals surface area contributed by atoms with Gasteiger partial charge in [0, 0.05) is 33.2 Å². The van der Waals surface area contributed by atoms with E-state index in [0.717, 1.165) is 16.1 Å². The monoisotopic (exact) mass is 561 g/mol. The molecule has 2 aromatic rings. The molecule has 0 aliphatic heterocycles. The molecule has 0 saturated carbocycles. The van der Waals surface area contributed by atoms with Crippen molar-refractivity contribution in [2.24, 2.45) is 0 Å². The average Bonchev–Trinajstić information content (AvgIpc) is 2.77. The third kappa shape index (κ3) is 7.74. The van der Waals surface area contributed by atoms with E-state index < -0.39 is 28.5 Å². The van der Waals surface area contributed by atoms with Crippen LogP contribution in [-0.2, 0) is 26.2 Å². The highest BCUT2D eigenvalue weighted by Crippen LogP contribution is 2.28. The van der Waals surface area contributed by atoms with Crippen molar-refractivity contribution in [3.63, 3.8) is 0 Å². The van der Waals surface area contributed by atoms with Gasteiger partial charge in [0.2, 0.25) is 21.8 Å². The van der Waals surface area contributed by atoms with Gasteiger partial charge < -0.3 is 10.2 Å². The SMILES string of the molecule is CC[C@H](C)NC(=O)[C@@H](C)N(Cc1c(Cl)cccc1Cl)C(=O)CN(c1ccc(C)c(Cl)c1)S(C)(=O)=O. The van der Waals surface area contributed by atoms with Gasteiger partial charge in [-0.15, -0.1) is 0 Å². The number of halogens is 3. The van der Waals surface area contributed by atoms with Gasteiger partial charge in [-0.3, -0.25) is 13.9 Å². The minimum atomic E-state index is -3.86. The van der Waals surface area contributed by atoms with Gasteiger partial charge in [-0.2, -0.15) is 0 Å². The molecule has 0 unspecified atom stereocenters. The zero-order valence-corrected chi connectivity index (χ0v) is 23.4. The van der Waals surface area contributed by atoms with E-state index in [-0.39, 0.29) is 24.2 Å². The van der Waals surface area contributed by atoms with Crippen LogP contribution in [0.3, 0.4) is 0 Å². The molecule has 35 heavy (non-hydrogen) atoms. The Morgan fingerprint density at radius 3 is 2.14 bits per heavy atom. The van der Waals surface area contributed by atoms with Gasteiger partial charge in [-0.1, -0.05) is 53.9 Å². The van der Waals surface area contributed by atoms with Crippen LogP contribution in [0.15, 0.2) is 36.4 Å². The second-order valence-electron chi connectivity index (χ2n) is 8.42. The number of amides is 2. The molecule has 0 bridgehead atoms. The fraction of sp³-hybridized carbons (Fsp3) is 0.417. The van der Waals surface area contributed by atoms with E-state index in [1.54, 1.807) is 44.2 Å². The van der Waals surface area contributed by atoms with Crippen LogP contribution in [0.25, 0.3) is 0 Å². The molecule has 0 heterocycles. The summed E-state index contributed by atoms with van der Waals surface area (Å²) in [5, 5.41) is 3.88. The van der Waals surface area contributed by atoms with Crippen LogP contribution in [0, 0.1) is 6.92 Å². The Hall–Kier alpha value is -2.00. The summed E-state index contributed by atoms with van der Waals surface area (Å²) in [6.45, 7) is 6.52. The molecule has 2 amide bonds. The zero-order valence-electron chi connectivity index (χ0n) is 20.3. The summed E-state index contributed by atoms with van der Waals surface area (Å²) < 4.78 is 26.2. The molecule has 2 atom stereocenters. The van der Waals surface area contributed by atoms with E-state index in [1.165, 1.54) is 11.0 Å². The predicted octanol–water partition coefficient (Wildman–Crippen LogP) is 5.05. The summed E-state index contributed by atoms with van der Waals surface area (Å²) in [7, 11) is -3.86. The molecule has 0 radical (unpaired) electrons. The van der Waals surface area contributed by atoms with Gasteiger partial charge in [-0.05, 0) is 57.0 Å². The molecule has 0 fully saturated rings. The Morgan fingerprint density at radius 1 is 1.03 bits per heavy atom. The largest absolute Gasteiger partial charge is 0.352 e. The topological polar surface area (TPSA) is 86.8 Å². The maximum atomic E-state index is 13.6. The van der Waals surface area contributed by atoms with Crippen molar-refractivity contribution in [2.75, 3.05) is 17.1 Å². The Kier molecular flexibility index (Phi) is 10.3. The first-order valence-corrected chi connectivity index (χ1v) is 14.0. The number of nitrogens with zero attached hydrogens (tertiary/aromatic N) is 2. The normalized spacial score (nSPS) is 13.1. The van der Waals surface area contributed by atoms with Gasteiger partial charge in [0.05, 0.1) is 11.9 Å². The zero-order chi connectivity index (χ0) is 26.5. The molecule has 0 aromatic heterocycles. The van der Waals surface area contributed by atoms with Gasteiger partial charge in [0.15, 0.2) is 0 Å². The third-order valence-corrected chi connectivity index (χ3v) is 7.94. The molecular formula is C24H30Cl3N3O4S. The van der Waals surface area contributed by atoms with E-state index in [4.69, 9.17) is 34.8 Å². The summed E-state index contributed by atoms with van der Waals surface area (Å²) in [6.07, 6.45) is 1.71. The van der Waals surface area contributed by atoms with Crippen LogP contribution in [0.2, 0.25) is 15.1 Å². The predicted molar refractivity (Wildman–Crippen MR) is 143 cm³/mol. The number of benzene rings is 2. The van der Waals surface area contributed by atoms with E-state index in [0.29, 0.717) is 27.1 Å². The maximum absolute atomic E-state index is 13.6. The minimum Gasteiger partial charge on any atom is -0.352 e. The summed E-state index contributed by atoms with van der Waals surface area (Å²) in [5.41, 5.74) is 1.46. The van der Waals surface area contributed by atoms with Crippen molar-refractivity contribution in [2.45, 2.75) is 52.7 Å². The van der Waals surface area contributed by atoms with Crippen LogP contribution >= 0.6 is 34.8 Å². The van der Waals surface area contributed by atoms with E-state index in [2.05, 4.69) is 5.32 Å². The first kappa shape index (κ1) is 29.2. The number of hydrogen-bond acceptors (Lipinski definition) is 4. The highest BCUT2D eigenvalue weighted by atomic mass is 35.5. The lowest BCUT2D eigenvalue weighted by molar-refractivity contribution is -0.139. The average molecular weight is 563 g/mol. The number of nitrogens with one attached hydrogen (secondary N) is 1. The summed E-state index contributed by atoms with van der Waals surface area (Å²) in [5.74, 6) is -0.977. The number of rotatable bonds is 10. The molecule has 0 spiro atoms. The van der Waals surface area contributed by atoms with Crippen LogP contribution in [0.5, 0.6) is 0 Å². The van der Waals surface area contributed by atoms with Crippen molar-refractivity contribution < 1.29 is 18.0 Å². The second kappa shape index (κ2) is 12.3. The molecular weight excluding hydrogens is 533 g/mol. The number of anilines is 1. The Morgan fingerprint density at radius 2 is 1.63 bits per heavy atom. The van der Waals surface area contributed by atoms with Gasteiger partial charge in [0.1, 0.15) is 12.6 Å². The fourth-order valence-corrected chi connectivity index (χ4v) is 4.79. The Bertz CT molecular complexity index is 1170. The van der Waals surface area contributed by atoms with E-state index in [1.807, 2.05) is 13.8 Å². The van der Waals surface area contributed by atoms with Crippen molar-refractivity contribution in [1.29, 1.82) is 0 Å². The van der Waals surface area contributed by atoms with Crippen LogP contribution in [0.4, 0.5) is 5.69 Å². The number of carbonyl (C=O) groups is 2. The molecule has 2 aromatic carbocycles. The standard InChI is InChI=1S/C24H30Cl3N3O4S/c1-6-16(3)28-24(32)17(4)29(13-19-20(25)8-7-9-21(19)26)23(31)14-30(35(5,33)34)18-11-10-15(2)22(27)12-18/h7-12,16-17H,6,13-14H2,1-5H3,(H,28,32)/t16-,17+/m0/s1. The van der Waals surface area contributed by atoms with Crippen LogP contribution in [-0.4, -0.2) is 50.0 Å². The number of carbonyl (C=O) groups excluding carboxylic acids is 2. The highest BCUT2D eigenvalue weighted by Gasteiger charge is 2.31. The summed E-state index contributed by atoms with van der Waals surface area (Å²) in [6, 6.07) is 8.64. The van der Waals surface area contributed by atoms with Crippen molar-refractivity contribution >= 4 is 62.3 Å². The lowest BCUT2D eigenvalue weighted by Crippen LogP contribution is -2.52. The maximum Gasteiger partial charge on any atom is 0.244 e.